The number of likely N-dealkylation sites (tertiary alicyclic amines) is 1. The van der Waals surface area contributed by atoms with Crippen LogP contribution in [0.2, 0.25) is 0 Å². The Morgan fingerprint density at radius 1 is 1.21 bits per heavy atom. The number of rotatable bonds is 2. The minimum absolute atomic E-state index is 0.688. The van der Waals surface area contributed by atoms with Gasteiger partial charge in [0.05, 0.1) is 5.69 Å². The van der Waals surface area contributed by atoms with E-state index >= 15 is 0 Å². The van der Waals surface area contributed by atoms with Crippen LogP contribution in [0.3, 0.4) is 0 Å². The zero-order valence-electron chi connectivity index (χ0n) is 15.0. The monoisotopic (exact) mass is 324 g/mol. The molecule has 1 spiro atoms. The molecule has 0 amide bonds. The Morgan fingerprint density at radius 3 is 2.79 bits per heavy atom. The van der Waals surface area contributed by atoms with E-state index in [2.05, 4.69) is 29.1 Å². The molecule has 1 saturated heterocycles. The predicted molar refractivity (Wildman–Crippen MR) is 96.1 cm³/mol. The van der Waals surface area contributed by atoms with E-state index in [-0.39, 0.29) is 0 Å². The molecule has 0 radical (unpaired) electrons. The predicted octanol–water partition coefficient (Wildman–Crippen LogP) is 4.36. The summed E-state index contributed by atoms with van der Waals surface area (Å²) in [6.07, 6.45) is 8.21. The molecule has 3 aliphatic rings. The minimum Gasteiger partial charge on any atom is -0.356 e. The highest BCUT2D eigenvalue weighted by molar-refractivity contribution is 5.83. The molecule has 0 unspecified atom stereocenters. The SMILES string of the molecule is Cc1noc2c3c(ccc12)C[C@@H](CN1CC2(CCC(C)CC2)C1)C3. The Bertz CT molecular complexity index is 761. The van der Waals surface area contributed by atoms with Crippen molar-refractivity contribution in [1.82, 2.24) is 10.1 Å². The highest BCUT2D eigenvalue weighted by Gasteiger charge is 2.45. The third kappa shape index (κ3) is 2.32. The van der Waals surface area contributed by atoms with Crippen LogP contribution in [0.15, 0.2) is 16.7 Å². The Balaban J connectivity index is 1.24. The smallest absolute Gasteiger partial charge is 0.170 e. The van der Waals surface area contributed by atoms with Crippen molar-refractivity contribution < 1.29 is 4.52 Å². The van der Waals surface area contributed by atoms with E-state index < -0.39 is 0 Å². The van der Waals surface area contributed by atoms with Gasteiger partial charge in [0, 0.05) is 30.6 Å². The summed E-state index contributed by atoms with van der Waals surface area (Å²) < 4.78 is 5.62. The van der Waals surface area contributed by atoms with Gasteiger partial charge in [-0.1, -0.05) is 31.0 Å². The Kier molecular flexibility index (Phi) is 3.31. The highest BCUT2D eigenvalue weighted by Crippen LogP contribution is 2.46. The van der Waals surface area contributed by atoms with E-state index in [1.807, 2.05) is 6.92 Å². The van der Waals surface area contributed by atoms with Gasteiger partial charge in [0.2, 0.25) is 0 Å². The third-order valence-corrected chi connectivity index (χ3v) is 6.99. The summed E-state index contributed by atoms with van der Waals surface area (Å²) in [5.74, 6) is 1.72. The second-order valence-corrected chi connectivity index (χ2v) is 8.97. The molecule has 24 heavy (non-hydrogen) atoms. The molecule has 0 N–H and O–H groups in total. The van der Waals surface area contributed by atoms with Crippen LogP contribution in [0.25, 0.3) is 11.0 Å². The van der Waals surface area contributed by atoms with E-state index in [0.717, 1.165) is 23.1 Å². The molecule has 2 heterocycles. The molecule has 1 atom stereocenters. The number of nitrogens with zero attached hydrogens (tertiary/aromatic N) is 2. The second kappa shape index (κ2) is 5.32. The van der Waals surface area contributed by atoms with Crippen LogP contribution in [0, 0.1) is 24.2 Å². The maximum Gasteiger partial charge on any atom is 0.170 e. The summed E-state index contributed by atoms with van der Waals surface area (Å²) in [5, 5.41) is 5.37. The first kappa shape index (κ1) is 14.9. The fourth-order valence-electron chi connectivity index (χ4n) is 5.52. The van der Waals surface area contributed by atoms with Crippen molar-refractivity contribution in [2.75, 3.05) is 19.6 Å². The van der Waals surface area contributed by atoms with Crippen LogP contribution in [0.1, 0.15) is 49.4 Å². The lowest BCUT2D eigenvalue weighted by atomic mass is 9.66. The van der Waals surface area contributed by atoms with Crippen molar-refractivity contribution >= 4 is 11.0 Å². The molecule has 128 valence electrons. The van der Waals surface area contributed by atoms with Crippen molar-refractivity contribution in [2.45, 2.75) is 52.4 Å². The van der Waals surface area contributed by atoms with Gasteiger partial charge in [0.15, 0.2) is 5.58 Å². The average Bonchev–Trinajstić information content (AvgIpc) is 3.11. The molecule has 1 aliphatic heterocycles. The van der Waals surface area contributed by atoms with Crippen LogP contribution in [-0.2, 0) is 12.8 Å². The molecule has 2 aromatic rings. The van der Waals surface area contributed by atoms with Crippen LogP contribution in [0.4, 0.5) is 0 Å². The molecule has 0 bridgehead atoms. The van der Waals surface area contributed by atoms with Gasteiger partial charge in [0.1, 0.15) is 0 Å². The summed E-state index contributed by atoms with van der Waals surface area (Å²) >= 11 is 0. The fraction of sp³-hybridized carbons (Fsp3) is 0.667. The van der Waals surface area contributed by atoms with Crippen molar-refractivity contribution in [3.8, 4) is 0 Å². The number of aryl methyl sites for hydroxylation is 1. The quantitative estimate of drug-likeness (QED) is 0.822. The summed E-state index contributed by atoms with van der Waals surface area (Å²) in [6, 6.07) is 4.51. The molecule has 2 aliphatic carbocycles. The molecule has 3 heteroatoms. The molecule has 3 nitrogen and oxygen atoms in total. The van der Waals surface area contributed by atoms with Gasteiger partial charge in [-0.2, -0.15) is 0 Å². The van der Waals surface area contributed by atoms with Crippen molar-refractivity contribution in [3.63, 3.8) is 0 Å². The van der Waals surface area contributed by atoms with Gasteiger partial charge < -0.3 is 9.42 Å². The number of hydrogen-bond acceptors (Lipinski definition) is 3. The fourth-order valence-corrected chi connectivity index (χ4v) is 5.52. The van der Waals surface area contributed by atoms with E-state index in [9.17, 15) is 0 Å². The normalized spacial score (nSPS) is 26.8. The Morgan fingerprint density at radius 2 is 2.00 bits per heavy atom. The van der Waals surface area contributed by atoms with Gasteiger partial charge in [-0.3, -0.25) is 0 Å². The summed E-state index contributed by atoms with van der Waals surface area (Å²) in [4.78, 5) is 2.72. The molecular weight excluding hydrogens is 296 g/mol. The summed E-state index contributed by atoms with van der Waals surface area (Å²) in [5.41, 5.74) is 5.68. The lowest BCUT2D eigenvalue weighted by molar-refractivity contribution is -0.0434. The van der Waals surface area contributed by atoms with Crippen molar-refractivity contribution in [1.29, 1.82) is 0 Å². The summed E-state index contributed by atoms with van der Waals surface area (Å²) in [7, 11) is 0. The first-order valence-corrected chi connectivity index (χ1v) is 9.71. The maximum absolute atomic E-state index is 5.62. The van der Waals surface area contributed by atoms with Crippen LogP contribution in [0.5, 0.6) is 0 Å². The third-order valence-electron chi connectivity index (χ3n) is 6.99. The van der Waals surface area contributed by atoms with Crippen LogP contribution in [-0.4, -0.2) is 29.7 Å². The molecule has 1 aromatic heterocycles. The zero-order valence-corrected chi connectivity index (χ0v) is 15.0. The number of aromatic nitrogens is 1. The van der Waals surface area contributed by atoms with E-state index in [4.69, 9.17) is 4.52 Å². The Hall–Kier alpha value is -1.35. The number of benzene rings is 1. The Labute approximate surface area is 144 Å². The van der Waals surface area contributed by atoms with E-state index in [1.54, 1.807) is 0 Å². The first-order valence-electron chi connectivity index (χ1n) is 9.71. The van der Waals surface area contributed by atoms with Crippen LogP contribution < -0.4 is 0 Å². The second-order valence-electron chi connectivity index (χ2n) is 8.97. The molecule has 1 aromatic carbocycles. The molecular formula is C21H28N2O. The van der Waals surface area contributed by atoms with E-state index in [0.29, 0.717) is 5.41 Å². The molecule has 2 fully saturated rings. The maximum atomic E-state index is 5.62. The largest absolute Gasteiger partial charge is 0.356 e. The zero-order chi connectivity index (χ0) is 16.3. The highest BCUT2D eigenvalue weighted by atomic mass is 16.5. The summed E-state index contributed by atoms with van der Waals surface area (Å²) in [6.45, 7) is 8.42. The van der Waals surface area contributed by atoms with E-state index in [1.165, 1.54) is 74.7 Å². The lowest BCUT2D eigenvalue weighted by Crippen LogP contribution is -2.58. The van der Waals surface area contributed by atoms with Gasteiger partial charge in [-0.05, 0) is 61.5 Å². The van der Waals surface area contributed by atoms with Crippen molar-refractivity contribution in [2.24, 2.45) is 17.3 Å². The number of fused-ring (bicyclic) bond motifs is 3. The van der Waals surface area contributed by atoms with Crippen LogP contribution >= 0.6 is 0 Å². The van der Waals surface area contributed by atoms with Gasteiger partial charge in [0.25, 0.3) is 0 Å². The van der Waals surface area contributed by atoms with Gasteiger partial charge in [-0.15, -0.1) is 0 Å². The topological polar surface area (TPSA) is 29.3 Å². The first-order chi connectivity index (χ1) is 11.6. The van der Waals surface area contributed by atoms with Gasteiger partial charge >= 0.3 is 0 Å². The molecule has 1 saturated carbocycles. The average molecular weight is 324 g/mol. The lowest BCUT2D eigenvalue weighted by Gasteiger charge is -2.54. The van der Waals surface area contributed by atoms with Gasteiger partial charge in [-0.25, -0.2) is 0 Å². The standard InChI is InChI=1S/C21H28N2O/c1-14-5-7-21(8-6-14)12-23(13-21)11-16-9-17-3-4-18-15(2)22-24-20(18)19(17)10-16/h3-4,14,16H,5-13H2,1-2H3/t16-/m1/s1. The molecule has 5 rings (SSSR count). The van der Waals surface area contributed by atoms with Crippen molar-refractivity contribution in [3.05, 3.63) is 29.0 Å². The number of hydrogen-bond donors (Lipinski definition) is 0. The minimum atomic E-state index is 0.688.